The number of halogens is 1. The SMILES string of the molecule is CCC(Cl)c1cn(CC(C)OC)nn1. The Morgan fingerprint density at radius 3 is 2.93 bits per heavy atom. The molecule has 0 spiro atoms. The van der Waals surface area contributed by atoms with Gasteiger partial charge in [0.2, 0.25) is 0 Å². The number of hydrogen-bond acceptors (Lipinski definition) is 3. The highest BCUT2D eigenvalue weighted by atomic mass is 35.5. The summed E-state index contributed by atoms with van der Waals surface area (Å²) in [7, 11) is 1.68. The van der Waals surface area contributed by atoms with Crippen LogP contribution in [-0.4, -0.2) is 28.2 Å². The zero-order valence-electron chi connectivity index (χ0n) is 8.77. The maximum absolute atomic E-state index is 6.03. The van der Waals surface area contributed by atoms with Crippen LogP contribution in [0.2, 0.25) is 0 Å². The number of ether oxygens (including phenoxy) is 1. The molecule has 80 valence electrons. The normalized spacial score (nSPS) is 15.4. The predicted molar refractivity (Wildman–Crippen MR) is 55.4 cm³/mol. The topological polar surface area (TPSA) is 39.9 Å². The largest absolute Gasteiger partial charge is 0.380 e. The van der Waals surface area contributed by atoms with Crippen LogP contribution in [0.1, 0.15) is 31.3 Å². The van der Waals surface area contributed by atoms with Crippen LogP contribution in [-0.2, 0) is 11.3 Å². The Kier molecular flexibility index (Phi) is 4.35. The number of aromatic nitrogens is 3. The lowest BCUT2D eigenvalue weighted by atomic mass is 10.3. The molecule has 1 heterocycles. The summed E-state index contributed by atoms with van der Waals surface area (Å²) in [5.41, 5.74) is 0.831. The molecule has 0 N–H and O–H groups in total. The lowest BCUT2D eigenvalue weighted by Gasteiger charge is -2.07. The van der Waals surface area contributed by atoms with Gasteiger partial charge in [-0.05, 0) is 13.3 Å². The van der Waals surface area contributed by atoms with E-state index in [4.69, 9.17) is 16.3 Å². The summed E-state index contributed by atoms with van der Waals surface area (Å²) in [5.74, 6) is 0. The molecule has 0 fully saturated rings. The second-order valence-corrected chi connectivity index (χ2v) is 3.81. The average molecular weight is 218 g/mol. The number of alkyl halides is 1. The van der Waals surface area contributed by atoms with Crippen LogP contribution >= 0.6 is 11.6 Å². The molecule has 0 aliphatic rings. The molecular weight excluding hydrogens is 202 g/mol. The van der Waals surface area contributed by atoms with Crippen LogP contribution in [0, 0.1) is 0 Å². The van der Waals surface area contributed by atoms with Crippen molar-refractivity contribution in [1.82, 2.24) is 15.0 Å². The first-order valence-corrected chi connectivity index (χ1v) is 5.17. The van der Waals surface area contributed by atoms with Crippen molar-refractivity contribution in [3.63, 3.8) is 0 Å². The first kappa shape index (κ1) is 11.5. The molecule has 0 aromatic carbocycles. The van der Waals surface area contributed by atoms with Crippen LogP contribution in [0.4, 0.5) is 0 Å². The molecule has 0 bridgehead atoms. The molecule has 1 rings (SSSR count). The maximum atomic E-state index is 6.03. The Morgan fingerprint density at radius 2 is 2.36 bits per heavy atom. The fourth-order valence-corrected chi connectivity index (χ4v) is 1.19. The van der Waals surface area contributed by atoms with Gasteiger partial charge in [0.1, 0.15) is 5.69 Å². The number of methoxy groups -OCH3 is 1. The van der Waals surface area contributed by atoms with Crippen LogP contribution in [0.15, 0.2) is 6.20 Å². The molecule has 0 aliphatic carbocycles. The minimum absolute atomic E-state index is 0.0402. The van der Waals surface area contributed by atoms with Crippen LogP contribution < -0.4 is 0 Å². The number of hydrogen-bond donors (Lipinski definition) is 0. The highest BCUT2D eigenvalue weighted by Gasteiger charge is 2.10. The summed E-state index contributed by atoms with van der Waals surface area (Å²) in [5, 5.41) is 7.93. The molecule has 0 radical (unpaired) electrons. The second kappa shape index (κ2) is 5.32. The van der Waals surface area contributed by atoms with E-state index in [2.05, 4.69) is 10.3 Å². The summed E-state index contributed by atoms with van der Waals surface area (Å²) in [6.45, 7) is 4.71. The maximum Gasteiger partial charge on any atom is 0.100 e. The summed E-state index contributed by atoms with van der Waals surface area (Å²) in [4.78, 5) is 0. The molecule has 2 atom stereocenters. The molecular formula is C9H16ClN3O. The third-order valence-electron chi connectivity index (χ3n) is 2.08. The molecule has 14 heavy (non-hydrogen) atoms. The Morgan fingerprint density at radius 1 is 1.64 bits per heavy atom. The van der Waals surface area contributed by atoms with E-state index >= 15 is 0 Å². The first-order valence-electron chi connectivity index (χ1n) is 4.74. The van der Waals surface area contributed by atoms with E-state index in [0.717, 1.165) is 12.1 Å². The van der Waals surface area contributed by atoms with Crippen LogP contribution in [0.5, 0.6) is 0 Å². The van der Waals surface area contributed by atoms with E-state index in [9.17, 15) is 0 Å². The van der Waals surface area contributed by atoms with Crippen molar-refractivity contribution in [3.05, 3.63) is 11.9 Å². The van der Waals surface area contributed by atoms with E-state index in [1.807, 2.05) is 20.0 Å². The van der Waals surface area contributed by atoms with Gasteiger partial charge in [0, 0.05) is 7.11 Å². The summed E-state index contributed by atoms with van der Waals surface area (Å²) < 4.78 is 6.89. The van der Waals surface area contributed by atoms with Gasteiger partial charge < -0.3 is 4.74 Å². The Balaban J connectivity index is 2.59. The third-order valence-corrected chi connectivity index (χ3v) is 2.61. The van der Waals surface area contributed by atoms with Gasteiger partial charge in [-0.3, -0.25) is 0 Å². The fourth-order valence-electron chi connectivity index (χ4n) is 1.09. The molecule has 1 aromatic heterocycles. The van der Waals surface area contributed by atoms with Crippen molar-refractivity contribution in [1.29, 1.82) is 0 Å². The van der Waals surface area contributed by atoms with Gasteiger partial charge in [-0.15, -0.1) is 16.7 Å². The molecule has 5 heteroatoms. The summed E-state index contributed by atoms with van der Waals surface area (Å²) in [6, 6.07) is 0. The van der Waals surface area contributed by atoms with Gasteiger partial charge in [-0.1, -0.05) is 12.1 Å². The van der Waals surface area contributed by atoms with Crippen molar-refractivity contribution in [2.75, 3.05) is 7.11 Å². The van der Waals surface area contributed by atoms with E-state index in [1.54, 1.807) is 11.8 Å². The van der Waals surface area contributed by atoms with Crippen molar-refractivity contribution in [2.24, 2.45) is 0 Å². The van der Waals surface area contributed by atoms with E-state index in [-0.39, 0.29) is 11.5 Å². The highest BCUT2D eigenvalue weighted by molar-refractivity contribution is 6.20. The van der Waals surface area contributed by atoms with Gasteiger partial charge >= 0.3 is 0 Å². The summed E-state index contributed by atoms with van der Waals surface area (Å²) >= 11 is 6.03. The predicted octanol–water partition coefficient (Wildman–Crippen LogP) is 2.00. The monoisotopic (exact) mass is 217 g/mol. The zero-order chi connectivity index (χ0) is 10.6. The molecule has 2 unspecified atom stereocenters. The Labute approximate surface area is 89.2 Å². The fraction of sp³-hybridized carbons (Fsp3) is 0.778. The van der Waals surface area contributed by atoms with Crippen LogP contribution in [0.25, 0.3) is 0 Å². The minimum atomic E-state index is -0.0402. The molecule has 0 saturated heterocycles. The lowest BCUT2D eigenvalue weighted by molar-refractivity contribution is 0.0993. The Hall–Kier alpha value is -0.610. The van der Waals surface area contributed by atoms with Gasteiger partial charge in [0.05, 0.1) is 24.2 Å². The lowest BCUT2D eigenvalue weighted by Crippen LogP contribution is -2.15. The third kappa shape index (κ3) is 2.96. The molecule has 4 nitrogen and oxygen atoms in total. The number of rotatable bonds is 5. The van der Waals surface area contributed by atoms with Gasteiger partial charge in [0.15, 0.2) is 0 Å². The smallest absolute Gasteiger partial charge is 0.100 e. The van der Waals surface area contributed by atoms with Gasteiger partial charge in [-0.25, -0.2) is 4.68 Å². The van der Waals surface area contributed by atoms with E-state index < -0.39 is 0 Å². The Bertz CT molecular complexity index is 277. The van der Waals surface area contributed by atoms with Crippen molar-refractivity contribution in [2.45, 2.75) is 38.3 Å². The highest BCUT2D eigenvalue weighted by Crippen LogP contribution is 2.20. The van der Waals surface area contributed by atoms with Crippen molar-refractivity contribution >= 4 is 11.6 Å². The minimum Gasteiger partial charge on any atom is -0.380 e. The quantitative estimate of drug-likeness (QED) is 0.709. The van der Waals surface area contributed by atoms with Gasteiger partial charge in [-0.2, -0.15) is 0 Å². The average Bonchev–Trinajstić information content (AvgIpc) is 2.65. The number of nitrogens with zero attached hydrogens (tertiary/aromatic N) is 3. The zero-order valence-corrected chi connectivity index (χ0v) is 9.53. The van der Waals surface area contributed by atoms with Crippen molar-refractivity contribution in [3.8, 4) is 0 Å². The second-order valence-electron chi connectivity index (χ2n) is 3.29. The molecule has 0 saturated carbocycles. The molecule has 0 amide bonds. The van der Waals surface area contributed by atoms with Crippen LogP contribution in [0.3, 0.4) is 0 Å². The van der Waals surface area contributed by atoms with E-state index in [0.29, 0.717) is 6.54 Å². The molecule has 0 aliphatic heterocycles. The molecule has 1 aromatic rings. The van der Waals surface area contributed by atoms with E-state index in [1.165, 1.54) is 0 Å². The summed E-state index contributed by atoms with van der Waals surface area (Å²) in [6.07, 6.45) is 2.87. The standard InChI is InChI=1S/C9H16ClN3O/c1-4-8(10)9-6-13(12-11-9)5-7(2)14-3/h6-8H,4-5H2,1-3H3. The van der Waals surface area contributed by atoms with Gasteiger partial charge in [0.25, 0.3) is 0 Å². The van der Waals surface area contributed by atoms with Crippen molar-refractivity contribution < 1.29 is 4.74 Å². The first-order chi connectivity index (χ1) is 6.67.